The molecule has 20 heavy (non-hydrogen) atoms. The lowest BCUT2D eigenvalue weighted by Gasteiger charge is -2.32. The van der Waals surface area contributed by atoms with Gasteiger partial charge in [0.25, 0.3) is 0 Å². The van der Waals surface area contributed by atoms with Gasteiger partial charge in [0.05, 0.1) is 11.8 Å². The lowest BCUT2D eigenvalue weighted by molar-refractivity contribution is -0.146. The maximum atomic E-state index is 12.6. The smallest absolute Gasteiger partial charge is 0.308 e. The highest BCUT2D eigenvalue weighted by Gasteiger charge is 2.35. The molecule has 1 unspecified atom stereocenters. The van der Waals surface area contributed by atoms with Crippen LogP contribution in [0.15, 0.2) is 24.3 Å². The Balaban J connectivity index is 1.75. The SMILES string of the molecule is O=C(O)[C@@H]1CCCN(C(=O)C2CNc3ccccc32)C1. The number of carboxylic acid groups (broad SMARTS) is 1. The van der Waals surface area contributed by atoms with Gasteiger partial charge in [-0.25, -0.2) is 0 Å². The maximum Gasteiger partial charge on any atom is 0.308 e. The minimum Gasteiger partial charge on any atom is -0.481 e. The molecule has 2 aliphatic heterocycles. The summed E-state index contributed by atoms with van der Waals surface area (Å²) in [7, 11) is 0. The summed E-state index contributed by atoms with van der Waals surface area (Å²) < 4.78 is 0. The molecule has 2 aliphatic rings. The molecule has 1 saturated heterocycles. The van der Waals surface area contributed by atoms with E-state index in [4.69, 9.17) is 5.11 Å². The van der Waals surface area contributed by atoms with Crippen LogP contribution < -0.4 is 5.32 Å². The molecule has 1 aromatic carbocycles. The number of likely N-dealkylation sites (tertiary alicyclic amines) is 1. The minimum atomic E-state index is -0.799. The number of fused-ring (bicyclic) bond motifs is 1. The quantitative estimate of drug-likeness (QED) is 0.858. The Hall–Kier alpha value is -2.04. The monoisotopic (exact) mass is 274 g/mol. The van der Waals surface area contributed by atoms with Crippen LogP contribution in [0.25, 0.3) is 0 Å². The first kappa shape index (κ1) is 13.0. The van der Waals surface area contributed by atoms with E-state index in [1.807, 2.05) is 24.3 Å². The first-order valence-electron chi connectivity index (χ1n) is 7.01. The van der Waals surface area contributed by atoms with Gasteiger partial charge in [-0.15, -0.1) is 0 Å². The number of aliphatic carboxylic acids is 1. The molecule has 3 rings (SSSR count). The molecule has 0 bridgehead atoms. The van der Waals surface area contributed by atoms with Crippen LogP contribution in [0.4, 0.5) is 5.69 Å². The van der Waals surface area contributed by atoms with Gasteiger partial charge in [-0.1, -0.05) is 18.2 Å². The normalized spacial score (nSPS) is 24.9. The zero-order valence-corrected chi connectivity index (χ0v) is 11.2. The number of benzene rings is 1. The topological polar surface area (TPSA) is 69.6 Å². The molecule has 0 spiro atoms. The molecule has 106 valence electrons. The number of carbonyl (C=O) groups excluding carboxylic acids is 1. The molecule has 1 amide bonds. The summed E-state index contributed by atoms with van der Waals surface area (Å²) in [5.41, 5.74) is 2.03. The third-order valence-electron chi connectivity index (χ3n) is 4.21. The predicted molar refractivity (Wildman–Crippen MR) is 74.6 cm³/mol. The molecule has 2 heterocycles. The van der Waals surface area contributed by atoms with Crippen molar-refractivity contribution in [3.05, 3.63) is 29.8 Å². The lowest BCUT2D eigenvalue weighted by atomic mass is 9.94. The van der Waals surface area contributed by atoms with E-state index in [0.29, 0.717) is 26.1 Å². The van der Waals surface area contributed by atoms with Crippen molar-refractivity contribution in [2.45, 2.75) is 18.8 Å². The number of piperidine rings is 1. The average molecular weight is 274 g/mol. The highest BCUT2D eigenvalue weighted by Crippen LogP contribution is 2.33. The van der Waals surface area contributed by atoms with E-state index in [0.717, 1.165) is 17.7 Å². The van der Waals surface area contributed by atoms with Gasteiger partial charge in [-0.05, 0) is 24.5 Å². The number of nitrogens with one attached hydrogen (secondary N) is 1. The van der Waals surface area contributed by atoms with Gasteiger partial charge in [0.2, 0.25) is 5.91 Å². The van der Waals surface area contributed by atoms with Crippen LogP contribution >= 0.6 is 0 Å². The van der Waals surface area contributed by atoms with Crippen molar-refractivity contribution in [1.82, 2.24) is 4.90 Å². The summed E-state index contributed by atoms with van der Waals surface area (Å²) in [6.45, 7) is 1.61. The second-order valence-corrected chi connectivity index (χ2v) is 5.48. The Labute approximate surface area is 117 Å². The Kier molecular flexibility index (Phi) is 3.34. The zero-order chi connectivity index (χ0) is 14.1. The summed E-state index contributed by atoms with van der Waals surface area (Å²) in [4.78, 5) is 25.4. The van der Waals surface area contributed by atoms with Gasteiger partial charge in [0, 0.05) is 25.3 Å². The highest BCUT2D eigenvalue weighted by atomic mass is 16.4. The van der Waals surface area contributed by atoms with Crippen LogP contribution in [0.5, 0.6) is 0 Å². The molecular formula is C15H18N2O3. The number of rotatable bonds is 2. The summed E-state index contributed by atoms with van der Waals surface area (Å²) in [5.74, 6) is -1.35. The van der Waals surface area contributed by atoms with E-state index >= 15 is 0 Å². The predicted octanol–water partition coefficient (Wildman–Crippen LogP) is 1.52. The number of carboxylic acids is 1. The van der Waals surface area contributed by atoms with Gasteiger partial charge < -0.3 is 15.3 Å². The molecule has 5 nitrogen and oxygen atoms in total. The molecule has 1 fully saturated rings. The van der Waals surface area contributed by atoms with Crippen molar-refractivity contribution < 1.29 is 14.7 Å². The number of anilines is 1. The van der Waals surface area contributed by atoms with Crippen molar-refractivity contribution >= 4 is 17.6 Å². The van der Waals surface area contributed by atoms with Gasteiger partial charge in [0.15, 0.2) is 0 Å². The van der Waals surface area contributed by atoms with Crippen LogP contribution in [0.1, 0.15) is 24.3 Å². The van der Waals surface area contributed by atoms with Crippen LogP contribution in [0, 0.1) is 5.92 Å². The molecule has 0 saturated carbocycles. The van der Waals surface area contributed by atoms with Gasteiger partial charge >= 0.3 is 5.97 Å². The molecule has 0 aliphatic carbocycles. The fraction of sp³-hybridized carbons (Fsp3) is 0.467. The number of hydrogen-bond donors (Lipinski definition) is 2. The van der Waals surface area contributed by atoms with Crippen LogP contribution in [0.3, 0.4) is 0 Å². The summed E-state index contributed by atoms with van der Waals surface area (Å²) in [6.07, 6.45) is 1.43. The third kappa shape index (κ3) is 2.24. The van der Waals surface area contributed by atoms with Crippen molar-refractivity contribution in [2.24, 2.45) is 5.92 Å². The molecule has 0 aromatic heterocycles. The fourth-order valence-electron chi connectivity index (χ4n) is 3.10. The largest absolute Gasteiger partial charge is 0.481 e. The molecule has 2 N–H and O–H groups in total. The fourth-order valence-corrected chi connectivity index (χ4v) is 3.10. The van der Waals surface area contributed by atoms with Gasteiger partial charge in [-0.2, -0.15) is 0 Å². The van der Waals surface area contributed by atoms with Crippen molar-refractivity contribution in [1.29, 1.82) is 0 Å². The first-order chi connectivity index (χ1) is 9.66. The second kappa shape index (κ2) is 5.15. The van der Waals surface area contributed by atoms with Crippen LogP contribution in [-0.2, 0) is 9.59 Å². The van der Waals surface area contributed by atoms with Crippen molar-refractivity contribution in [3.63, 3.8) is 0 Å². The number of amides is 1. The lowest BCUT2D eigenvalue weighted by Crippen LogP contribution is -2.44. The van der Waals surface area contributed by atoms with E-state index < -0.39 is 11.9 Å². The first-order valence-corrected chi connectivity index (χ1v) is 7.01. The van der Waals surface area contributed by atoms with Gasteiger partial charge in [-0.3, -0.25) is 9.59 Å². The summed E-state index contributed by atoms with van der Waals surface area (Å²) in [5, 5.41) is 12.4. The summed E-state index contributed by atoms with van der Waals surface area (Å²) >= 11 is 0. The highest BCUT2D eigenvalue weighted by molar-refractivity contribution is 5.88. The molecule has 5 heteroatoms. The van der Waals surface area contributed by atoms with Gasteiger partial charge in [0.1, 0.15) is 0 Å². The van der Waals surface area contributed by atoms with E-state index in [-0.39, 0.29) is 11.8 Å². The van der Waals surface area contributed by atoms with Crippen LogP contribution in [-0.4, -0.2) is 41.5 Å². The molecule has 1 aromatic rings. The Morgan fingerprint density at radius 3 is 2.90 bits per heavy atom. The number of carbonyl (C=O) groups is 2. The standard InChI is InChI=1S/C15H18N2O3/c18-14(17-7-3-4-10(9-17)15(19)20)12-8-16-13-6-2-1-5-11(12)13/h1-2,5-6,10,12,16H,3-4,7-9H2,(H,19,20)/t10-,12?/m1/s1. The Bertz CT molecular complexity index is 544. The number of para-hydroxylation sites is 1. The zero-order valence-electron chi connectivity index (χ0n) is 11.2. The summed E-state index contributed by atoms with van der Waals surface area (Å²) in [6, 6.07) is 7.82. The minimum absolute atomic E-state index is 0.0494. The molecule has 2 atom stereocenters. The maximum absolute atomic E-state index is 12.6. The third-order valence-corrected chi connectivity index (χ3v) is 4.21. The van der Waals surface area contributed by atoms with E-state index in [1.54, 1.807) is 4.90 Å². The van der Waals surface area contributed by atoms with Crippen molar-refractivity contribution in [3.8, 4) is 0 Å². The van der Waals surface area contributed by atoms with Crippen LogP contribution in [0.2, 0.25) is 0 Å². The molecular weight excluding hydrogens is 256 g/mol. The van der Waals surface area contributed by atoms with E-state index in [1.165, 1.54) is 0 Å². The Morgan fingerprint density at radius 2 is 2.10 bits per heavy atom. The second-order valence-electron chi connectivity index (χ2n) is 5.48. The van der Waals surface area contributed by atoms with E-state index in [9.17, 15) is 9.59 Å². The average Bonchev–Trinajstić information content (AvgIpc) is 2.90. The molecule has 0 radical (unpaired) electrons. The number of nitrogens with zero attached hydrogens (tertiary/aromatic N) is 1. The number of hydrogen-bond acceptors (Lipinski definition) is 3. The Morgan fingerprint density at radius 1 is 1.30 bits per heavy atom. The van der Waals surface area contributed by atoms with E-state index in [2.05, 4.69) is 5.32 Å². The van der Waals surface area contributed by atoms with Crippen molar-refractivity contribution in [2.75, 3.05) is 25.0 Å².